The molecule has 0 aliphatic carbocycles. The van der Waals surface area contributed by atoms with E-state index in [0.29, 0.717) is 54.0 Å². The Morgan fingerprint density at radius 1 is 0.364 bits per heavy atom. The van der Waals surface area contributed by atoms with Gasteiger partial charge in [0.15, 0.2) is 0 Å². The lowest BCUT2D eigenvalue weighted by Gasteiger charge is -2.28. The van der Waals surface area contributed by atoms with Crippen LogP contribution in [0.1, 0.15) is 57.2 Å². The molecule has 0 bridgehead atoms. The summed E-state index contributed by atoms with van der Waals surface area (Å²) in [5.74, 6) is -2.99. The van der Waals surface area contributed by atoms with Crippen molar-refractivity contribution < 1.29 is 96.9 Å². The van der Waals surface area contributed by atoms with Gasteiger partial charge < -0.3 is 72.9 Å². The van der Waals surface area contributed by atoms with E-state index in [9.17, 15) is 49.5 Å². The molecule has 470 valence electrons. The lowest BCUT2D eigenvalue weighted by atomic mass is 9.81. The van der Waals surface area contributed by atoms with Gasteiger partial charge in [0.1, 0.15) is 125 Å². The maximum atomic E-state index is 12.4. The molecule has 0 saturated heterocycles. The quantitative estimate of drug-likeness (QED) is 0.00833. The molecule has 0 saturated carbocycles. The van der Waals surface area contributed by atoms with Gasteiger partial charge in [-0.15, -0.1) is 0 Å². The molecule has 5 aromatic carbocycles. The molecular weight excluding hydrogens is 1370 g/mol. The average molecular weight is 1440 g/mol. The van der Waals surface area contributed by atoms with Gasteiger partial charge in [0.2, 0.25) is 0 Å². The topological polar surface area (TPSA) is 279 Å². The number of esters is 5. The number of carbonyl (C=O) groups is 5. The fraction of sp³-hybridized carbons (Fsp3) is 0.318. The molecule has 0 aliphatic heterocycles. The van der Waals surface area contributed by atoms with Crippen LogP contribution in [-0.4, -0.2) is 152 Å². The molecule has 5 atom stereocenters. The van der Waals surface area contributed by atoms with Crippen LogP contribution in [0.25, 0.3) is 22.3 Å². The van der Waals surface area contributed by atoms with Gasteiger partial charge >= 0.3 is 29.8 Å². The highest BCUT2D eigenvalue weighted by molar-refractivity contribution is 14.1. The second-order valence-electron chi connectivity index (χ2n) is 20.5. The Bertz CT molecular complexity index is 3150. The predicted molar refractivity (Wildman–Crippen MR) is 343 cm³/mol. The van der Waals surface area contributed by atoms with Crippen LogP contribution in [0.3, 0.4) is 0 Å². The molecule has 5 aromatic rings. The zero-order chi connectivity index (χ0) is 64.8. The van der Waals surface area contributed by atoms with E-state index in [1.807, 2.05) is 24.3 Å². The van der Waals surface area contributed by atoms with Crippen molar-refractivity contribution in [3.05, 3.63) is 182 Å². The lowest BCUT2D eigenvalue weighted by Crippen LogP contribution is -2.27. The molecule has 0 heterocycles. The number of hydrogen-bond donors (Lipinski definition) is 5. The summed E-state index contributed by atoms with van der Waals surface area (Å²) < 4.78 is 58.6. The number of aliphatic hydroxyl groups excluding tert-OH is 5. The zero-order valence-corrected chi connectivity index (χ0v) is 53.7. The number of ether oxygens (including phenoxy) is 10. The summed E-state index contributed by atoms with van der Waals surface area (Å²) in [5.41, 5.74) is 4.68. The minimum atomic E-state index is -1.34. The van der Waals surface area contributed by atoms with Gasteiger partial charge in [-0.2, -0.15) is 0 Å². The van der Waals surface area contributed by atoms with Crippen molar-refractivity contribution in [2.45, 2.75) is 71.1 Å². The second kappa shape index (κ2) is 34.8. The van der Waals surface area contributed by atoms with Crippen LogP contribution in [0.4, 0.5) is 0 Å². The monoisotopic (exact) mass is 1440 g/mol. The molecule has 0 fully saturated rings. The van der Waals surface area contributed by atoms with Gasteiger partial charge in [-0.1, -0.05) is 69.3 Å². The fourth-order valence-corrected chi connectivity index (χ4v) is 9.80. The smallest absolute Gasteiger partial charge is 0.333 e. The standard InChI is InChI=1S/C66H72I2O20/c1-37(2)62(74)84-32-47(69)27-79-52-17-11-42(12-18-52)44-15-21-58(81-29-49(71)34-86-64(76)39(5)6)54(23-44)60(56-25-46(67)26-57(68)61(56)83-31-51(73)36-88-66(78)41(9)10)55-24-45(16-22-59(55)82-30-50(72)35-87-65(77)40(7)8)43-13-19-53(20-14-43)80-28-48(70)33-85-63(75)38(3)4/h11-26,47-51,60,69-73H,1,3,5,7,9,27-36H2,2,4,6,8,10H3. The van der Waals surface area contributed by atoms with Crippen LogP contribution in [0, 0.1) is 7.14 Å². The molecule has 0 aromatic heterocycles. The first-order chi connectivity index (χ1) is 41.7. The van der Waals surface area contributed by atoms with Crippen LogP contribution in [-0.2, 0) is 47.7 Å². The van der Waals surface area contributed by atoms with Crippen LogP contribution in [0.5, 0.6) is 28.7 Å². The second-order valence-corrected chi connectivity index (χ2v) is 22.9. The molecule has 5 N–H and O–H groups in total. The fourth-order valence-electron chi connectivity index (χ4n) is 7.76. The summed E-state index contributed by atoms with van der Waals surface area (Å²) in [6, 6.07) is 28.3. The van der Waals surface area contributed by atoms with E-state index >= 15 is 0 Å². The first kappa shape index (κ1) is 71.2. The van der Waals surface area contributed by atoms with E-state index in [-0.39, 0.29) is 78.1 Å². The Labute approximate surface area is 538 Å². The largest absolute Gasteiger partial charge is 0.491 e. The predicted octanol–water partition coefficient (Wildman–Crippen LogP) is 8.71. The van der Waals surface area contributed by atoms with Gasteiger partial charge in [-0.3, -0.25) is 0 Å². The van der Waals surface area contributed by atoms with E-state index < -0.39 is 99.3 Å². The van der Waals surface area contributed by atoms with Crippen LogP contribution < -0.4 is 23.7 Å². The number of benzene rings is 5. The van der Waals surface area contributed by atoms with E-state index in [2.05, 4.69) is 78.1 Å². The molecule has 0 aliphatic rings. The van der Waals surface area contributed by atoms with Crippen molar-refractivity contribution in [3.8, 4) is 51.0 Å². The first-order valence-corrected chi connectivity index (χ1v) is 29.5. The highest BCUT2D eigenvalue weighted by Crippen LogP contribution is 2.48. The average Bonchev–Trinajstić information content (AvgIpc) is 0.840. The normalized spacial score (nSPS) is 13.0. The Morgan fingerprint density at radius 3 is 0.955 bits per heavy atom. The Balaban J connectivity index is 1.74. The van der Waals surface area contributed by atoms with Crippen molar-refractivity contribution in [2.75, 3.05) is 66.1 Å². The lowest BCUT2D eigenvalue weighted by molar-refractivity contribution is -0.143. The summed E-state index contributed by atoms with van der Waals surface area (Å²) in [5, 5.41) is 54.8. The third-order valence-corrected chi connectivity index (χ3v) is 13.7. The van der Waals surface area contributed by atoms with Gasteiger partial charge in [-0.25, -0.2) is 24.0 Å². The molecule has 5 rings (SSSR count). The molecule has 0 radical (unpaired) electrons. The number of carbonyl (C=O) groups excluding carboxylic acids is 5. The van der Waals surface area contributed by atoms with E-state index in [4.69, 9.17) is 47.4 Å². The van der Waals surface area contributed by atoms with Crippen molar-refractivity contribution >= 4 is 75.0 Å². The third kappa shape index (κ3) is 22.5. The highest BCUT2D eigenvalue weighted by atomic mass is 127. The van der Waals surface area contributed by atoms with E-state index in [1.165, 1.54) is 34.6 Å². The number of rotatable bonds is 35. The maximum absolute atomic E-state index is 12.4. The summed E-state index contributed by atoms with van der Waals surface area (Å²) in [6.07, 6.45) is -6.29. The van der Waals surface area contributed by atoms with Crippen LogP contribution >= 0.6 is 45.2 Å². The van der Waals surface area contributed by atoms with Crippen molar-refractivity contribution in [2.24, 2.45) is 0 Å². The maximum Gasteiger partial charge on any atom is 0.333 e. The van der Waals surface area contributed by atoms with Gasteiger partial charge in [0, 0.05) is 54.0 Å². The van der Waals surface area contributed by atoms with E-state index in [0.717, 1.165) is 3.57 Å². The van der Waals surface area contributed by atoms with Crippen molar-refractivity contribution in [3.63, 3.8) is 0 Å². The van der Waals surface area contributed by atoms with E-state index in [1.54, 1.807) is 72.8 Å². The Hall–Kier alpha value is -7.59. The van der Waals surface area contributed by atoms with Crippen LogP contribution in [0.15, 0.2) is 158 Å². The third-order valence-electron chi connectivity index (χ3n) is 12.3. The summed E-state index contributed by atoms with van der Waals surface area (Å²) in [4.78, 5) is 61.1. The molecule has 0 amide bonds. The molecule has 20 nitrogen and oxygen atoms in total. The SMILES string of the molecule is C=C(C)C(=O)OCC(O)COc1ccc(-c2ccc(OCC(O)COC(=O)C(=C)C)c(C(c3cc(-c4ccc(OCC(O)COC(=O)C(=C)C)cc4)ccc3OCC(O)COC(=O)C(=C)C)c3cc(I)cc(I)c3OCC(O)COC(=O)C(=C)C)c2)cc1. The molecular formula is C66H72I2O20. The van der Waals surface area contributed by atoms with Crippen molar-refractivity contribution in [1.29, 1.82) is 0 Å². The minimum absolute atomic E-state index is 0.124. The molecule has 0 spiro atoms. The van der Waals surface area contributed by atoms with Crippen LogP contribution in [0.2, 0.25) is 0 Å². The van der Waals surface area contributed by atoms with Gasteiger partial charge in [0.05, 0.1) is 3.57 Å². The number of halogens is 2. The number of hydrogen-bond acceptors (Lipinski definition) is 20. The Kier molecular flexibility index (Phi) is 28.2. The summed E-state index contributed by atoms with van der Waals surface area (Å²) in [6.45, 7) is 21.9. The Morgan fingerprint density at radius 2 is 0.648 bits per heavy atom. The molecule has 22 heteroatoms. The molecule has 5 unspecified atom stereocenters. The molecule has 88 heavy (non-hydrogen) atoms. The summed E-state index contributed by atoms with van der Waals surface area (Å²) in [7, 11) is 0. The van der Waals surface area contributed by atoms with Crippen molar-refractivity contribution in [1.82, 2.24) is 0 Å². The first-order valence-electron chi connectivity index (χ1n) is 27.4. The minimum Gasteiger partial charge on any atom is -0.491 e. The number of aliphatic hydroxyl groups is 5. The summed E-state index contributed by atoms with van der Waals surface area (Å²) >= 11 is 4.29. The van der Waals surface area contributed by atoms with Gasteiger partial charge in [-0.05, 0) is 163 Å². The zero-order valence-electron chi connectivity index (χ0n) is 49.4. The highest BCUT2D eigenvalue weighted by Gasteiger charge is 2.31. The van der Waals surface area contributed by atoms with Gasteiger partial charge in [0.25, 0.3) is 0 Å².